The van der Waals surface area contributed by atoms with Crippen molar-refractivity contribution in [2.45, 2.75) is 115 Å². The summed E-state index contributed by atoms with van der Waals surface area (Å²) in [6.07, 6.45) is 22.8. The van der Waals surface area contributed by atoms with Gasteiger partial charge < -0.3 is 24.7 Å². The lowest BCUT2D eigenvalue weighted by Gasteiger charge is -2.37. The number of hydrogen-bond donors (Lipinski definition) is 1. The standard InChI is InChI=1S/C32H49NO6/c1-23-14-15-24(2)30(13-8-6-4-5-7-9-16-33)39-32(35)22-29-19-25(20-31(34)36-3)18-28(38-29)21-27-12-10-11-26(17-23)37-27/h4,6,8,13-15,20,23-24,26-30H,5,7,9-12,16-19,21-22,33H2,1-3H3/b6-4-,13-8+,15-14-,25-20-/t23-,24-,26+,27-,28+,29-,30-/m0/s1. The number of fused-ring (bicyclic) bond motifs is 4. The fraction of sp³-hybridized carbons (Fsp3) is 0.688. The molecule has 2 fully saturated rings. The van der Waals surface area contributed by atoms with Gasteiger partial charge in [0.05, 0.1) is 37.9 Å². The first-order chi connectivity index (χ1) is 18.9. The van der Waals surface area contributed by atoms with Crippen LogP contribution in [0.3, 0.4) is 0 Å². The second-order valence-electron chi connectivity index (χ2n) is 11.4. The molecule has 0 spiro atoms. The van der Waals surface area contributed by atoms with Crippen LogP contribution in [-0.2, 0) is 28.5 Å². The third-order valence-corrected chi connectivity index (χ3v) is 7.78. The van der Waals surface area contributed by atoms with E-state index in [0.717, 1.165) is 56.9 Å². The van der Waals surface area contributed by atoms with E-state index in [-0.39, 0.29) is 54.8 Å². The molecule has 39 heavy (non-hydrogen) atoms. The molecule has 0 aromatic heterocycles. The molecule has 0 aliphatic carbocycles. The highest BCUT2D eigenvalue weighted by molar-refractivity contribution is 5.82. The molecule has 4 bridgehead atoms. The molecule has 0 aromatic carbocycles. The van der Waals surface area contributed by atoms with Crippen molar-refractivity contribution in [3.05, 3.63) is 48.1 Å². The van der Waals surface area contributed by atoms with Gasteiger partial charge in [-0.25, -0.2) is 4.79 Å². The molecule has 0 aromatic rings. The number of cyclic esters (lactones) is 1. The lowest BCUT2D eigenvalue weighted by Crippen LogP contribution is -2.37. The van der Waals surface area contributed by atoms with E-state index in [4.69, 9.17) is 24.7 Å². The molecule has 0 saturated carbocycles. The van der Waals surface area contributed by atoms with Crippen LogP contribution in [0.4, 0.5) is 0 Å². The second-order valence-corrected chi connectivity index (χ2v) is 11.4. The molecule has 0 radical (unpaired) electrons. The van der Waals surface area contributed by atoms with Gasteiger partial charge >= 0.3 is 11.9 Å². The molecule has 0 amide bonds. The van der Waals surface area contributed by atoms with Gasteiger partial charge in [0.1, 0.15) is 6.10 Å². The average molecular weight is 544 g/mol. The third-order valence-electron chi connectivity index (χ3n) is 7.78. The summed E-state index contributed by atoms with van der Waals surface area (Å²) in [7, 11) is 1.38. The number of unbranched alkanes of at least 4 members (excludes halogenated alkanes) is 2. The number of methoxy groups -OCH3 is 1. The van der Waals surface area contributed by atoms with Gasteiger partial charge in [-0.2, -0.15) is 0 Å². The molecule has 3 heterocycles. The smallest absolute Gasteiger partial charge is 0.330 e. The summed E-state index contributed by atoms with van der Waals surface area (Å²) in [6, 6.07) is 0. The van der Waals surface area contributed by atoms with E-state index < -0.39 is 0 Å². The first-order valence-electron chi connectivity index (χ1n) is 14.9. The van der Waals surface area contributed by atoms with Gasteiger partial charge in [0.15, 0.2) is 0 Å². The molecule has 0 unspecified atom stereocenters. The minimum absolute atomic E-state index is 0.0148. The van der Waals surface area contributed by atoms with Crippen molar-refractivity contribution < 1.29 is 28.5 Å². The Morgan fingerprint density at radius 2 is 1.74 bits per heavy atom. The van der Waals surface area contributed by atoms with Crippen LogP contribution in [-0.4, -0.2) is 56.1 Å². The van der Waals surface area contributed by atoms with Crippen LogP contribution in [0, 0.1) is 11.8 Å². The summed E-state index contributed by atoms with van der Waals surface area (Å²) < 4.78 is 23.8. The van der Waals surface area contributed by atoms with E-state index in [9.17, 15) is 9.59 Å². The number of rotatable bonds is 7. The van der Waals surface area contributed by atoms with E-state index in [1.165, 1.54) is 7.11 Å². The Kier molecular flexibility index (Phi) is 13.5. The molecule has 7 heteroatoms. The van der Waals surface area contributed by atoms with E-state index in [2.05, 4.69) is 32.1 Å². The predicted molar refractivity (Wildman–Crippen MR) is 153 cm³/mol. The number of carbonyl (C=O) groups excluding carboxylic acids is 2. The fourth-order valence-corrected chi connectivity index (χ4v) is 5.69. The maximum atomic E-state index is 13.1. The SMILES string of the molecule is COC(=O)/C=C1\C[C@H]2CC(=O)O[C@@H](/C=C/C=C\CCCCN)[C@@H](C)/C=C\[C@H](C)C[C@H]3CCC[C@@H](C[C@@H](C1)O2)O3. The number of carbonyl (C=O) groups is 2. The average Bonchev–Trinajstić information content (AvgIpc) is 2.90. The molecule has 3 rings (SSSR count). The molecule has 3 aliphatic rings. The molecule has 2 N–H and O–H groups in total. The number of nitrogens with two attached hydrogens (primary N) is 1. The number of hydrogen-bond acceptors (Lipinski definition) is 7. The van der Waals surface area contributed by atoms with Gasteiger partial charge in [-0.15, -0.1) is 0 Å². The Morgan fingerprint density at radius 3 is 2.51 bits per heavy atom. The summed E-state index contributed by atoms with van der Waals surface area (Å²) in [5.74, 6) is -0.300. The first kappa shape index (κ1) is 31.3. The predicted octanol–water partition coefficient (Wildman–Crippen LogP) is 5.74. The molecule has 7 atom stereocenters. The highest BCUT2D eigenvalue weighted by Gasteiger charge is 2.33. The van der Waals surface area contributed by atoms with Crippen molar-refractivity contribution in [2.24, 2.45) is 17.6 Å². The molecule has 218 valence electrons. The van der Waals surface area contributed by atoms with Crippen molar-refractivity contribution in [1.29, 1.82) is 0 Å². The monoisotopic (exact) mass is 543 g/mol. The summed E-state index contributed by atoms with van der Waals surface area (Å²) in [5, 5.41) is 0. The minimum Gasteiger partial charge on any atom is -0.466 e. The van der Waals surface area contributed by atoms with Crippen molar-refractivity contribution >= 4 is 11.9 Å². The van der Waals surface area contributed by atoms with Crippen LogP contribution < -0.4 is 5.73 Å². The molecule has 3 aliphatic heterocycles. The maximum Gasteiger partial charge on any atom is 0.330 e. The highest BCUT2D eigenvalue weighted by Crippen LogP contribution is 2.33. The van der Waals surface area contributed by atoms with Gasteiger partial charge in [0.2, 0.25) is 0 Å². The summed E-state index contributed by atoms with van der Waals surface area (Å²) in [5.41, 5.74) is 6.52. The van der Waals surface area contributed by atoms with Crippen LogP contribution in [0.15, 0.2) is 48.1 Å². The molecular formula is C32H49NO6. The summed E-state index contributed by atoms with van der Waals surface area (Å²) >= 11 is 0. The van der Waals surface area contributed by atoms with Crippen LogP contribution in [0.25, 0.3) is 0 Å². The second kappa shape index (κ2) is 16.8. The first-order valence-corrected chi connectivity index (χ1v) is 14.9. The zero-order valence-electron chi connectivity index (χ0n) is 24.1. The fourth-order valence-electron chi connectivity index (χ4n) is 5.69. The zero-order valence-corrected chi connectivity index (χ0v) is 24.1. The van der Waals surface area contributed by atoms with Gasteiger partial charge in [-0.05, 0) is 76.3 Å². The number of ether oxygens (including phenoxy) is 4. The lowest BCUT2D eigenvalue weighted by molar-refractivity contribution is -0.154. The summed E-state index contributed by atoms with van der Waals surface area (Å²) in [4.78, 5) is 25.1. The van der Waals surface area contributed by atoms with Crippen LogP contribution in [0.2, 0.25) is 0 Å². The minimum atomic E-state index is -0.387. The van der Waals surface area contributed by atoms with Crippen molar-refractivity contribution in [3.8, 4) is 0 Å². The van der Waals surface area contributed by atoms with Gasteiger partial charge in [0.25, 0.3) is 0 Å². The topological polar surface area (TPSA) is 97.1 Å². The Morgan fingerprint density at radius 1 is 1.00 bits per heavy atom. The Balaban J connectivity index is 1.78. The van der Waals surface area contributed by atoms with E-state index >= 15 is 0 Å². The van der Waals surface area contributed by atoms with Crippen LogP contribution >= 0.6 is 0 Å². The number of esters is 2. The normalized spacial score (nSPS) is 34.7. The largest absolute Gasteiger partial charge is 0.466 e. The van der Waals surface area contributed by atoms with E-state index in [0.29, 0.717) is 25.3 Å². The zero-order chi connectivity index (χ0) is 28.0. The van der Waals surface area contributed by atoms with Gasteiger partial charge in [0, 0.05) is 18.4 Å². The highest BCUT2D eigenvalue weighted by atomic mass is 16.6. The summed E-state index contributed by atoms with van der Waals surface area (Å²) in [6.45, 7) is 5.01. The van der Waals surface area contributed by atoms with Crippen molar-refractivity contribution in [3.63, 3.8) is 0 Å². The lowest BCUT2D eigenvalue weighted by atomic mass is 9.89. The van der Waals surface area contributed by atoms with Crippen LogP contribution in [0.5, 0.6) is 0 Å². The van der Waals surface area contributed by atoms with Gasteiger partial charge in [-0.1, -0.05) is 49.8 Å². The van der Waals surface area contributed by atoms with E-state index in [1.807, 2.05) is 18.2 Å². The van der Waals surface area contributed by atoms with Crippen LogP contribution in [0.1, 0.15) is 84.5 Å². The molecular weight excluding hydrogens is 494 g/mol. The Labute approximate surface area is 234 Å². The van der Waals surface area contributed by atoms with Crippen molar-refractivity contribution in [2.75, 3.05) is 13.7 Å². The Hall–Kier alpha value is -2.22. The van der Waals surface area contributed by atoms with E-state index in [1.54, 1.807) is 6.08 Å². The van der Waals surface area contributed by atoms with Gasteiger partial charge in [-0.3, -0.25) is 4.79 Å². The Bertz CT molecular complexity index is 893. The molecule has 2 saturated heterocycles. The third kappa shape index (κ3) is 11.4. The van der Waals surface area contributed by atoms with Crippen molar-refractivity contribution in [1.82, 2.24) is 0 Å². The maximum absolute atomic E-state index is 13.1. The number of allylic oxidation sites excluding steroid dienone is 4. The quantitative estimate of drug-likeness (QED) is 0.144. The molecule has 7 nitrogen and oxygen atoms in total.